The summed E-state index contributed by atoms with van der Waals surface area (Å²) in [6.45, 7) is 4.55. The molecular formula is C23H27N5O2S. The molecule has 1 saturated carbocycles. The average molecular weight is 438 g/mol. The number of rotatable bonds is 8. The number of nitrogens with zero attached hydrogens (tertiary/aromatic N) is 4. The van der Waals surface area contributed by atoms with Crippen LogP contribution in [0.1, 0.15) is 42.4 Å². The van der Waals surface area contributed by atoms with Crippen LogP contribution in [0.25, 0.3) is 5.69 Å². The molecule has 4 rings (SSSR count). The first kappa shape index (κ1) is 21.4. The smallest absolute Gasteiger partial charge is 0.230 e. The lowest BCUT2D eigenvalue weighted by molar-refractivity contribution is -0.118. The first-order valence-electron chi connectivity index (χ1n) is 10.6. The molecule has 0 bridgehead atoms. The molecule has 2 aromatic heterocycles. The molecule has 0 unspecified atom stereocenters. The molecule has 0 radical (unpaired) electrons. The Bertz CT molecular complexity index is 1050. The van der Waals surface area contributed by atoms with Crippen molar-refractivity contribution in [1.82, 2.24) is 25.1 Å². The van der Waals surface area contributed by atoms with Crippen LogP contribution in [0.2, 0.25) is 0 Å². The van der Waals surface area contributed by atoms with Crippen molar-refractivity contribution in [2.75, 3.05) is 5.75 Å². The van der Waals surface area contributed by atoms with E-state index < -0.39 is 0 Å². The first-order valence-corrected chi connectivity index (χ1v) is 11.6. The van der Waals surface area contributed by atoms with Crippen molar-refractivity contribution >= 4 is 17.7 Å². The van der Waals surface area contributed by atoms with Gasteiger partial charge in [0.05, 0.1) is 5.75 Å². The van der Waals surface area contributed by atoms with Gasteiger partial charge in [0.15, 0.2) is 5.16 Å². The van der Waals surface area contributed by atoms with Gasteiger partial charge in [-0.05, 0) is 68.9 Å². The largest absolute Gasteiger partial charge is 0.474 e. The van der Waals surface area contributed by atoms with E-state index >= 15 is 0 Å². The van der Waals surface area contributed by atoms with Crippen LogP contribution in [0, 0.1) is 13.8 Å². The van der Waals surface area contributed by atoms with Gasteiger partial charge >= 0.3 is 0 Å². The number of carbonyl (C=O) groups excluding carboxylic acids is 1. The van der Waals surface area contributed by atoms with E-state index in [-0.39, 0.29) is 17.8 Å². The predicted octanol–water partition coefficient (Wildman–Crippen LogP) is 4.01. The number of aryl methyl sites for hydroxylation is 2. The third-order valence-corrected chi connectivity index (χ3v) is 6.47. The monoisotopic (exact) mass is 437 g/mol. The highest BCUT2D eigenvalue weighted by Gasteiger charge is 2.19. The summed E-state index contributed by atoms with van der Waals surface area (Å²) in [5.74, 6) is 0.801. The molecule has 31 heavy (non-hydrogen) atoms. The van der Waals surface area contributed by atoms with E-state index in [0.717, 1.165) is 24.1 Å². The number of benzene rings is 1. The molecule has 1 aromatic carbocycles. The first-order chi connectivity index (χ1) is 15.1. The highest BCUT2D eigenvalue weighted by Crippen LogP contribution is 2.25. The molecule has 0 atom stereocenters. The predicted molar refractivity (Wildman–Crippen MR) is 121 cm³/mol. The Morgan fingerprint density at radius 3 is 2.87 bits per heavy atom. The summed E-state index contributed by atoms with van der Waals surface area (Å²) < 4.78 is 7.95. The van der Waals surface area contributed by atoms with Crippen LogP contribution < -0.4 is 10.1 Å². The topological polar surface area (TPSA) is 81.9 Å². The van der Waals surface area contributed by atoms with Crippen LogP contribution in [0.3, 0.4) is 0 Å². The normalized spacial score (nSPS) is 14.0. The molecule has 1 aliphatic carbocycles. The van der Waals surface area contributed by atoms with E-state index in [0.29, 0.717) is 17.6 Å². The van der Waals surface area contributed by atoms with Crippen molar-refractivity contribution in [3.63, 3.8) is 0 Å². The van der Waals surface area contributed by atoms with E-state index in [2.05, 4.69) is 46.5 Å². The quantitative estimate of drug-likeness (QED) is 0.536. The van der Waals surface area contributed by atoms with Crippen LogP contribution >= 0.6 is 11.8 Å². The molecule has 7 nitrogen and oxygen atoms in total. The van der Waals surface area contributed by atoms with E-state index in [1.807, 2.05) is 22.8 Å². The second-order valence-electron chi connectivity index (χ2n) is 7.81. The third-order valence-electron chi connectivity index (χ3n) is 5.52. The number of amides is 1. The van der Waals surface area contributed by atoms with Gasteiger partial charge in [0.2, 0.25) is 11.8 Å². The average Bonchev–Trinajstić information content (AvgIpc) is 3.45. The minimum Gasteiger partial charge on any atom is -0.474 e. The van der Waals surface area contributed by atoms with Crippen LogP contribution in [-0.4, -0.2) is 37.5 Å². The Morgan fingerprint density at radius 1 is 1.23 bits per heavy atom. The fourth-order valence-electron chi connectivity index (χ4n) is 3.58. The number of nitrogens with one attached hydrogen (secondary N) is 1. The highest BCUT2D eigenvalue weighted by atomic mass is 32.2. The Labute approximate surface area is 186 Å². The molecule has 1 fully saturated rings. The van der Waals surface area contributed by atoms with Crippen molar-refractivity contribution in [2.24, 2.45) is 0 Å². The summed E-state index contributed by atoms with van der Waals surface area (Å²) in [5, 5.41) is 11.8. The Kier molecular flexibility index (Phi) is 6.86. The van der Waals surface area contributed by atoms with Crippen LogP contribution in [0.4, 0.5) is 0 Å². The van der Waals surface area contributed by atoms with E-state index in [1.54, 1.807) is 12.5 Å². The number of ether oxygens (including phenoxy) is 1. The summed E-state index contributed by atoms with van der Waals surface area (Å²) in [6.07, 6.45) is 8.18. The number of hydrogen-bond donors (Lipinski definition) is 1. The molecule has 1 N–H and O–H groups in total. The number of pyridine rings is 1. The standard InChI is InChI=1S/C23H27N5O2S/c1-16-9-10-19(12-17(16)2)28-15-26-27-23(28)31-14-21(29)25-13-18-6-5-11-24-22(18)30-20-7-3-4-8-20/h5-6,9-12,15,20H,3-4,7-8,13-14H2,1-2H3,(H,25,29). The zero-order valence-electron chi connectivity index (χ0n) is 17.9. The van der Waals surface area contributed by atoms with E-state index in [9.17, 15) is 4.79 Å². The van der Waals surface area contributed by atoms with Gasteiger partial charge in [-0.2, -0.15) is 0 Å². The van der Waals surface area contributed by atoms with Crippen molar-refractivity contribution in [1.29, 1.82) is 0 Å². The lowest BCUT2D eigenvalue weighted by atomic mass is 10.1. The lowest BCUT2D eigenvalue weighted by Crippen LogP contribution is -2.25. The fraction of sp³-hybridized carbons (Fsp3) is 0.391. The van der Waals surface area contributed by atoms with Crippen LogP contribution in [0.5, 0.6) is 5.88 Å². The number of thioether (sulfide) groups is 1. The van der Waals surface area contributed by atoms with Crippen molar-refractivity contribution in [3.05, 3.63) is 59.5 Å². The molecule has 1 aliphatic rings. The van der Waals surface area contributed by atoms with Gasteiger partial charge in [-0.1, -0.05) is 23.9 Å². The SMILES string of the molecule is Cc1ccc(-n2cnnc2SCC(=O)NCc2cccnc2OC2CCCC2)cc1C. The van der Waals surface area contributed by atoms with Crippen LogP contribution in [-0.2, 0) is 11.3 Å². The van der Waals surface area contributed by atoms with E-state index in [1.165, 1.54) is 35.7 Å². The number of carbonyl (C=O) groups is 1. The van der Waals surface area contributed by atoms with Gasteiger partial charge in [-0.3, -0.25) is 9.36 Å². The van der Waals surface area contributed by atoms with Crippen molar-refractivity contribution in [3.8, 4) is 11.6 Å². The van der Waals surface area contributed by atoms with Gasteiger partial charge in [0, 0.05) is 24.0 Å². The van der Waals surface area contributed by atoms with Gasteiger partial charge in [-0.25, -0.2) is 4.98 Å². The van der Waals surface area contributed by atoms with Crippen LogP contribution in [0.15, 0.2) is 48.0 Å². The highest BCUT2D eigenvalue weighted by molar-refractivity contribution is 7.99. The Morgan fingerprint density at radius 2 is 2.06 bits per heavy atom. The van der Waals surface area contributed by atoms with Gasteiger partial charge in [0.25, 0.3) is 0 Å². The summed E-state index contributed by atoms with van der Waals surface area (Å²) in [5.41, 5.74) is 4.31. The summed E-state index contributed by atoms with van der Waals surface area (Å²) in [4.78, 5) is 16.8. The van der Waals surface area contributed by atoms with Gasteiger partial charge in [-0.15, -0.1) is 10.2 Å². The summed E-state index contributed by atoms with van der Waals surface area (Å²) >= 11 is 1.36. The molecule has 0 aliphatic heterocycles. The van der Waals surface area contributed by atoms with Gasteiger partial charge in [0.1, 0.15) is 12.4 Å². The molecular weight excluding hydrogens is 410 g/mol. The molecule has 0 spiro atoms. The van der Waals surface area contributed by atoms with Crippen molar-refractivity contribution < 1.29 is 9.53 Å². The fourth-order valence-corrected chi connectivity index (χ4v) is 4.34. The maximum atomic E-state index is 12.5. The van der Waals surface area contributed by atoms with E-state index in [4.69, 9.17) is 4.74 Å². The molecule has 2 heterocycles. The second-order valence-corrected chi connectivity index (χ2v) is 8.75. The maximum Gasteiger partial charge on any atom is 0.230 e. The molecule has 162 valence electrons. The molecule has 3 aromatic rings. The minimum atomic E-state index is -0.0738. The molecule has 1 amide bonds. The zero-order chi connectivity index (χ0) is 21.6. The number of hydrogen-bond acceptors (Lipinski definition) is 6. The zero-order valence-corrected chi connectivity index (χ0v) is 18.7. The van der Waals surface area contributed by atoms with Crippen molar-refractivity contribution in [2.45, 2.75) is 57.3 Å². The second kappa shape index (κ2) is 9.96. The lowest BCUT2D eigenvalue weighted by Gasteiger charge is -2.15. The molecule has 0 saturated heterocycles. The molecule has 8 heteroatoms. The minimum absolute atomic E-state index is 0.0738. The number of aromatic nitrogens is 4. The Balaban J connectivity index is 1.33. The summed E-state index contributed by atoms with van der Waals surface area (Å²) in [7, 11) is 0. The summed E-state index contributed by atoms with van der Waals surface area (Å²) in [6, 6.07) is 10.0. The van der Waals surface area contributed by atoms with Gasteiger partial charge < -0.3 is 10.1 Å². The maximum absolute atomic E-state index is 12.5. The Hall–Kier alpha value is -2.87. The third kappa shape index (κ3) is 5.44.